The first kappa shape index (κ1) is 21.2. The van der Waals surface area contributed by atoms with Crippen molar-refractivity contribution in [2.24, 2.45) is 0 Å². The molecule has 1 aromatic heterocycles. The van der Waals surface area contributed by atoms with Crippen molar-refractivity contribution in [2.45, 2.75) is 11.3 Å². The zero-order valence-electron chi connectivity index (χ0n) is 15.6. The van der Waals surface area contributed by atoms with Crippen molar-refractivity contribution in [1.29, 1.82) is 0 Å². The molecule has 0 spiro atoms. The van der Waals surface area contributed by atoms with E-state index in [9.17, 15) is 23.3 Å². The Kier molecular flexibility index (Phi) is 6.28. The Morgan fingerprint density at radius 3 is 2.63 bits per heavy atom. The lowest BCUT2D eigenvalue weighted by Gasteiger charge is -2.06. The quantitative estimate of drug-likeness (QED) is 0.398. The number of thiazole rings is 1. The highest BCUT2D eigenvalue weighted by atomic mass is 32.2. The Hall–Kier alpha value is -3.51. The van der Waals surface area contributed by atoms with Gasteiger partial charge in [-0.15, -0.1) is 11.3 Å². The summed E-state index contributed by atoms with van der Waals surface area (Å²) < 4.78 is 31.9. The number of rotatable bonds is 8. The predicted molar refractivity (Wildman–Crippen MR) is 111 cm³/mol. The van der Waals surface area contributed by atoms with Crippen LogP contribution in [0.25, 0.3) is 0 Å². The molecule has 3 rings (SSSR count). The number of carbonyl (C=O) groups is 1. The number of nitrogens with zero attached hydrogens (tertiary/aromatic N) is 2. The summed E-state index contributed by atoms with van der Waals surface area (Å²) in [6, 6.07) is 11.9. The smallest absolute Gasteiger partial charge is 0.312 e. The molecule has 0 radical (unpaired) electrons. The van der Waals surface area contributed by atoms with Gasteiger partial charge in [0.05, 0.1) is 29.0 Å². The maximum atomic E-state index is 12.3. The normalized spacial score (nSPS) is 11.0. The zero-order valence-corrected chi connectivity index (χ0v) is 17.2. The minimum absolute atomic E-state index is 0.0767. The van der Waals surface area contributed by atoms with E-state index in [1.165, 1.54) is 37.4 Å². The number of hydrogen-bond donors (Lipinski definition) is 2. The number of aromatic nitrogens is 1. The highest BCUT2D eigenvalue weighted by Crippen LogP contribution is 2.29. The molecule has 0 bridgehead atoms. The lowest BCUT2D eigenvalue weighted by Crippen LogP contribution is -2.15. The molecule has 0 aliphatic carbocycles. The summed E-state index contributed by atoms with van der Waals surface area (Å²) in [6.45, 7) is 0. The molecule has 0 aliphatic rings. The fraction of sp³-hybridized carbons (Fsp3) is 0.111. The molecule has 3 aromatic rings. The monoisotopic (exact) mass is 448 g/mol. The Morgan fingerprint density at radius 1 is 1.23 bits per heavy atom. The second-order valence-corrected chi connectivity index (χ2v) is 8.47. The number of nitro groups is 1. The average Bonchev–Trinajstić information content (AvgIpc) is 3.14. The van der Waals surface area contributed by atoms with Crippen molar-refractivity contribution in [3.05, 3.63) is 69.7 Å². The van der Waals surface area contributed by atoms with Crippen molar-refractivity contribution in [3.8, 4) is 5.75 Å². The summed E-state index contributed by atoms with van der Waals surface area (Å²) >= 11 is 1.04. The molecule has 2 N–H and O–H groups in total. The number of nitrogens with one attached hydrogen (secondary N) is 2. The first-order chi connectivity index (χ1) is 14.3. The van der Waals surface area contributed by atoms with Crippen LogP contribution in [-0.2, 0) is 21.2 Å². The molecule has 1 amide bonds. The van der Waals surface area contributed by atoms with Crippen LogP contribution in [0.15, 0.2) is 58.8 Å². The fourth-order valence-electron chi connectivity index (χ4n) is 2.49. The van der Waals surface area contributed by atoms with Crippen LogP contribution in [-0.4, -0.2) is 31.3 Å². The van der Waals surface area contributed by atoms with Gasteiger partial charge in [-0.25, -0.2) is 13.4 Å². The van der Waals surface area contributed by atoms with Crippen molar-refractivity contribution >= 4 is 43.8 Å². The van der Waals surface area contributed by atoms with Gasteiger partial charge in [0.25, 0.3) is 10.0 Å². The maximum absolute atomic E-state index is 12.3. The van der Waals surface area contributed by atoms with E-state index < -0.39 is 20.9 Å². The van der Waals surface area contributed by atoms with Crippen LogP contribution >= 0.6 is 11.3 Å². The molecule has 0 fully saturated rings. The van der Waals surface area contributed by atoms with Gasteiger partial charge in [0.2, 0.25) is 5.91 Å². The van der Waals surface area contributed by atoms with E-state index in [0.29, 0.717) is 5.69 Å². The Labute approximate surface area is 175 Å². The predicted octanol–water partition coefficient (Wildman–Crippen LogP) is 3.04. The Morgan fingerprint density at radius 2 is 1.97 bits per heavy atom. The van der Waals surface area contributed by atoms with Gasteiger partial charge in [-0.2, -0.15) is 0 Å². The highest BCUT2D eigenvalue weighted by Gasteiger charge is 2.18. The third kappa shape index (κ3) is 5.10. The number of anilines is 2. The summed E-state index contributed by atoms with van der Waals surface area (Å²) in [6.07, 6.45) is -0.136. The Balaban J connectivity index is 1.65. The molecule has 30 heavy (non-hydrogen) atoms. The average molecular weight is 448 g/mol. The van der Waals surface area contributed by atoms with Gasteiger partial charge in [-0.3, -0.25) is 19.6 Å². The summed E-state index contributed by atoms with van der Waals surface area (Å²) in [4.78, 5) is 26.9. The van der Waals surface area contributed by atoms with E-state index >= 15 is 0 Å². The number of ether oxygens (including phenoxy) is 1. The second kappa shape index (κ2) is 8.88. The number of benzene rings is 2. The van der Waals surface area contributed by atoms with Gasteiger partial charge < -0.3 is 10.1 Å². The van der Waals surface area contributed by atoms with E-state index in [0.717, 1.165) is 11.3 Å². The van der Waals surface area contributed by atoms with Crippen LogP contribution in [0.2, 0.25) is 0 Å². The first-order valence-corrected chi connectivity index (χ1v) is 10.8. The largest absolute Gasteiger partial charge is 0.490 e. The number of amides is 1. The lowest BCUT2D eigenvalue weighted by atomic mass is 10.2. The van der Waals surface area contributed by atoms with Gasteiger partial charge in [-0.05, 0) is 24.3 Å². The van der Waals surface area contributed by atoms with E-state index in [1.54, 1.807) is 23.6 Å². The van der Waals surface area contributed by atoms with Crippen LogP contribution in [0.4, 0.5) is 16.5 Å². The van der Waals surface area contributed by atoms with Gasteiger partial charge >= 0.3 is 5.69 Å². The zero-order chi connectivity index (χ0) is 21.7. The highest BCUT2D eigenvalue weighted by molar-refractivity contribution is 7.93. The van der Waals surface area contributed by atoms with Gasteiger partial charge in [-0.1, -0.05) is 18.2 Å². The molecule has 12 heteroatoms. The summed E-state index contributed by atoms with van der Waals surface area (Å²) in [5, 5.41) is 15.3. The molecule has 1 heterocycles. The maximum Gasteiger partial charge on any atom is 0.312 e. The van der Waals surface area contributed by atoms with E-state index in [1.807, 2.05) is 0 Å². The molecule has 10 nitrogen and oxygen atoms in total. The van der Waals surface area contributed by atoms with E-state index in [-0.39, 0.29) is 33.6 Å². The molecule has 0 saturated heterocycles. The van der Waals surface area contributed by atoms with E-state index in [2.05, 4.69) is 15.0 Å². The van der Waals surface area contributed by atoms with Gasteiger partial charge in [0.15, 0.2) is 10.9 Å². The lowest BCUT2D eigenvalue weighted by molar-refractivity contribution is -0.385. The van der Waals surface area contributed by atoms with Gasteiger partial charge in [0, 0.05) is 17.1 Å². The number of hydrogen-bond acceptors (Lipinski definition) is 8. The fourth-order valence-corrected chi connectivity index (χ4v) is 4.47. The minimum atomic E-state index is -3.77. The van der Waals surface area contributed by atoms with Crippen LogP contribution < -0.4 is 14.8 Å². The summed E-state index contributed by atoms with van der Waals surface area (Å²) in [7, 11) is -2.46. The topological polar surface area (TPSA) is 141 Å². The molecule has 0 aliphatic heterocycles. The third-order valence-electron chi connectivity index (χ3n) is 3.83. The molecule has 2 aromatic carbocycles. The summed E-state index contributed by atoms with van der Waals surface area (Å²) in [5.41, 5.74) is 0.306. The number of sulfonamides is 1. The Bertz CT molecular complexity index is 1180. The summed E-state index contributed by atoms with van der Waals surface area (Å²) in [5.74, 6) is -0.384. The van der Waals surface area contributed by atoms with Crippen LogP contribution in [0.3, 0.4) is 0 Å². The molecule has 156 valence electrons. The number of carbonyl (C=O) groups excluding carboxylic acids is 1. The van der Waals surface area contributed by atoms with Crippen molar-refractivity contribution < 1.29 is 22.9 Å². The molecule has 0 atom stereocenters. The van der Waals surface area contributed by atoms with Crippen LogP contribution in [0, 0.1) is 10.1 Å². The number of nitro benzene ring substituents is 1. The molecular formula is C18H16N4O6S2. The second-order valence-electron chi connectivity index (χ2n) is 5.93. The standard InChI is InChI=1S/C18H16N4O6S2/c1-28-16-8-7-12(9-15(16)22(24)25)19-17(23)10-13-11-29-18(20-13)21-30(26,27)14-5-3-2-4-6-14/h2-9,11H,10H2,1H3,(H,19,23)(H,20,21). The number of methoxy groups -OCH3 is 1. The van der Waals surface area contributed by atoms with Crippen LogP contribution in [0.1, 0.15) is 5.69 Å². The van der Waals surface area contributed by atoms with Crippen molar-refractivity contribution in [3.63, 3.8) is 0 Å². The molecule has 0 saturated carbocycles. The third-order valence-corrected chi connectivity index (χ3v) is 6.12. The van der Waals surface area contributed by atoms with Crippen molar-refractivity contribution in [2.75, 3.05) is 17.1 Å². The minimum Gasteiger partial charge on any atom is -0.490 e. The van der Waals surface area contributed by atoms with Crippen molar-refractivity contribution in [1.82, 2.24) is 4.98 Å². The van der Waals surface area contributed by atoms with E-state index in [4.69, 9.17) is 4.74 Å². The molecular weight excluding hydrogens is 432 g/mol. The molecule has 0 unspecified atom stereocenters. The first-order valence-electron chi connectivity index (χ1n) is 8.43. The van der Waals surface area contributed by atoms with Gasteiger partial charge in [0.1, 0.15) is 0 Å². The SMILES string of the molecule is COc1ccc(NC(=O)Cc2csc(NS(=O)(=O)c3ccccc3)n2)cc1[N+](=O)[O-]. The van der Waals surface area contributed by atoms with Crippen LogP contribution in [0.5, 0.6) is 5.75 Å².